The van der Waals surface area contributed by atoms with E-state index in [0.717, 1.165) is 24.9 Å². The minimum Gasteiger partial charge on any atom is -0.356 e. The summed E-state index contributed by atoms with van der Waals surface area (Å²) in [4.78, 5) is 8.80. The third-order valence-electron chi connectivity index (χ3n) is 4.58. The van der Waals surface area contributed by atoms with Crippen molar-refractivity contribution >= 4 is 5.96 Å². The lowest BCUT2D eigenvalue weighted by atomic mass is 10.0. The van der Waals surface area contributed by atoms with Gasteiger partial charge < -0.3 is 15.2 Å². The van der Waals surface area contributed by atoms with Crippen molar-refractivity contribution in [1.82, 2.24) is 20.2 Å². The Labute approximate surface area is 161 Å². The Bertz CT molecular complexity index is 839. The van der Waals surface area contributed by atoms with Crippen molar-refractivity contribution < 1.29 is 0 Å². The number of nitrogens with zero attached hydrogens (tertiary/aromatic N) is 3. The van der Waals surface area contributed by atoms with Gasteiger partial charge in [0.05, 0.1) is 6.54 Å². The standard InChI is InChI=1S/C22H27N5/c1-18(20-11-7-4-8-12-20)15-25-22(23-2)26-16-21-24-13-14-27(21)17-19-9-5-3-6-10-19/h3-14,18H,15-17H2,1-2H3,(H2,23,25,26). The molecule has 3 rings (SSSR count). The predicted molar refractivity (Wildman–Crippen MR) is 111 cm³/mol. The van der Waals surface area contributed by atoms with Crippen LogP contribution in [0.4, 0.5) is 0 Å². The molecule has 1 heterocycles. The Hall–Kier alpha value is -3.08. The minimum absolute atomic E-state index is 0.407. The second-order valence-corrected chi connectivity index (χ2v) is 6.58. The molecule has 3 aromatic rings. The molecule has 1 aromatic heterocycles. The van der Waals surface area contributed by atoms with Gasteiger partial charge in [0.2, 0.25) is 0 Å². The van der Waals surface area contributed by atoms with Crippen molar-refractivity contribution in [3.8, 4) is 0 Å². The zero-order chi connectivity index (χ0) is 18.9. The highest BCUT2D eigenvalue weighted by Gasteiger charge is 2.08. The van der Waals surface area contributed by atoms with Gasteiger partial charge in [-0.3, -0.25) is 4.99 Å². The molecule has 0 bridgehead atoms. The summed E-state index contributed by atoms with van der Waals surface area (Å²) >= 11 is 0. The Kier molecular flexibility index (Phi) is 6.63. The molecule has 5 heteroatoms. The summed E-state index contributed by atoms with van der Waals surface area (Å²) in [5.41, 5.74) is 2.58. The van der Waals surface area contributed by atoms with Crippen molar-refractivity contribution in [1.29, 1.82) is 0 Å². The zero-order valence-corrected chi connectivity index (χ0v) is 16.0. The molecule has 0 aliphatic rings. The van der Waals surface area contributed by atoms with Gasteiger partial charge in [-0.05, 0) is 17.0 Å². The molecule has 2 N–H and O–H groups in total. The normalized spacial score (nSPS) is 12.6. The molecule has 0 spiro atoms. The van der Waals surface area contributed by atoms with Crippen LogP contribution < -0.4 is 10.6 Å². The van der Waals surface area contributed by atoms with Crippen LogP contribution >= 0.6 is 0 Å². The number of hydrogen-bond donors (Lipinski definition) is 2. The molecule has 1 atom stereocenters. The Morgan fingerprint density at radius 3 is 2.44 bits per heavy atom. The SMILES string of the molecule is CN=C(NCc1nccn1Cc1ccccc1)NCC(C)c1ccccc1. The molecular weight excluding hydrogens is 334 g/mol. The second kappa shape index (κ2) is 9.57. The van der Waals surface area contributed by atoms with Crippen molar-refractivity contribution in [3.05, 3.63) is 90.0 Å². The van der Waals surface area contributed by atoms with Gasteiger partial charge >= 0.3 is 0 Å². The maximum absolute atomic E-state index is 4.48. The first-order valence-electron chi connectivity index (χ1n) is 9.29. The first-order valence-corrected chi connectivity index (χ1v) is 9.29. The third-order valence-corrected chi connectivity index (χ3v) is 4.58. The molecule has 0 fully saturated rings. The molecule has 140 valence electrons. The van der Waals surface area contributed by atoms with Crippen molar-refractivity contribution in [2.45, 2.75) is 25.9 Å². The van der Waals surface area contributed by atoms with Gasteiger partial charge in [-0.15, -0.1) is 0 Å². The fraction of sp³-hybridized carbons (Fsp3) is 0.273. The van der Waals surface area contributed by atoms with E-state index in [9.17, 15) is 0 Å². The average molecular weight is 361 g/mol. The first kappa shape index (κ1) is 18.7. The number of guanidine groups is 1. The fourth-order valence-corrected chi connectivity index (χ4v) is 2.96. The lowest BCUT2D eigenvalue weighted by molar-refractivity contribution is 0.670. The van der Waals surface area contributed by atoms with Crippen LogP contribution in [0.5, 0.6) is 0 Å². The maximum atomic E-state index is 4.48. The molecule has 2 aromatic carbocycles. The van der Waals surface area contributed by atoms with E-state index in [4.69, 9.17) is 0 Å². The van der Waals surface area contributed by atoms with Crippen LogP contribution in [0.3, 0.4) is 0 Å². The summed E-state index contributed by atoms with van der Waals surface area (Å²) in [5, 5.41) is 6.76. The molecule has 0 saturated carbocycles. The number of nitrogens with one attached hydrogen (secondary N) is 2. The van der Waals surface area contributed by atoms with E-state index < -0.39 is 0 Å². The summed E-state index contributed by atoms with van der Waals surface area (Å²) in [6.45, 7) is 4.47. The van der Waals surface area contributed by atoms with Gasteiger partial charge in [0.1, 0.15) is 5.82 Å². The average Bonchev–Trinajstić information content (AvgIpc) is 3.16. The van der Waals surface area contributed by atoms with Crippen LogP contribution in [-0.2, 0) is 13.1 Å². The van der Waals surface area contributed by atoms with Crippen LogP contribution in [0.2, 0.25) is 0 Å². The van der Waals surface area contributed by atoms with E-state index >= 15 is 0 Å². The first-order chi connectivity index (χ1) is 13.3. The van der Waals surface area contributed by atoms with Crippen LogP contribution in [0, 0.1) is 0 Å². The third kappa shape index (κ3) is 5.45. The van der Waals surface area contributed by atoms with Crippen LogP contribution in [0.1, 0.15) is 29.8 Å². The molecule has 5 nitrogen and oxygen atoms in total. The molecular formula is C22H27N5. The number of aliphatic imine (C=N–C) groups is 1. The van der Waals surface area contributed by atoms with E-state index in [1.165, 1.54) is 11.1 Å². The van der Waals surface area contributed by atoms with E-state index in [1.807, 2.05) is 24.5 Å². The highest BCUT2D eigenvalue weighted by Crippen LogP contribution is 2.12. The molecule has 1 unspecified atom stereocenters. The number of imidazole rings is 1. The molecule has 27 heavy (non-hydrogen) atoms. The van der Waals surface area contributed by atoms with Crippen LogP contribution in [0.15, 0.2) is 78.0 Å². The Morgan fingerprint density at radius 2 is 1.74 bits per heavy atom. The van der Waals surface area contributed by atoms with E-state index in [0.29, 0.717) is 12.5 Å². The summed E-state index contributed by atoms with van der Waals surface area (Å²) in [6, 6.07) is 20.9. The van der Waals surface area contributed by atoms with Gasteiger partial charge in [0, 0.05) is 32.5 Å². The smallest absolute Gasteiger partial charge is 0.191 e. The fourth-order valence-electron chi connectivity index (χ4n) is 2.96. The molecule has 0 radical (unpaired) electrons. The Morgan fingerprint density at radius 1 is 1.04 bits per heavy atom. The number of hydrogen-bond acceptors (Lipinski definition) is 2. The van der Waals surface area contributed by atoms with E-state index in [2.05, 4.69) is 80.6 Å². The zero-order valence-electron chi connectivity index (χ0n) is 16.0. The van der Waals surface area contributed by atoms with Crippen molar-refractivity contribution in [2.24, 2.45) is 4.99 Å². The van der Waals surface area contributed by atoms with Gasteiger partial charge in [0.15, 0.2) is 5.96 Å². The predicted octanol–water partition coefficient (Wildman–Crippen LogP) is 3.40. The minimum atomic E-state index is 0.407. The molecule has 0 amide bonds. The summed E-state index contributed by atoms with van der Waals surface area (Å²) in [5.74, 6) is 2.18. The van der Waals surface area contributed by atoms with Gasteiger partial charge in [-0.25, -0.2) is 4.98 Å². The quantitative estimate of drug-likeness (QED) is 0.501. The number of benzene rings is 2. The maximum Gasteiger partial charge on any atom is 0.191 e. The van der Waals surface area contributed by atoms with Crippen molar-refractivity contribution in [2.75, 3.05) is 13.6 Å². The largest absolute Gasteiger partial charge is 0.356 e. The highest BCUT2D eigenvalue weighted by atomic mass is 15.2. The van der Waals surface area contributed by atoms with Crippen LogP contribution in [0.25, 0.3) is 0 Å². The van der Waals surface area contributed by atoms with Crippen LogP contribution in [-0.4, -0.2) is 29.1 Å². The Balaban J connectivity index is 1.52. The van der Waals surface area contributed by atoms with Crippen molar-refractivity contribution in [3.63, 3.8) is 0 Å². The molecule has 0 aliphatic carbocycles. The molecule has 0 aliphatic heterocycles. The lowest BCUT2D eigenvalue weighted by Gasteiger charge is -2.16. The van der Waals surface area contributed by atoms with E-state index in [-0.39, 0.29) is 0 Å². The molecule has 0 saturated heterocycles. The lowest BCUT2D eigenvalue weighted by Crippen LogP contribution is -2.39. The van der Waals surface area contributed by atoms with Gasteiger partial charge in [-0.2, -0.15) is 0 Å². The summed E-state index contributed by atoms with van der Waals surface area (Å²) in [7, 11) is 1.79. The summed E-state index contributed by atoms with van der Waals surface area (Å²) < 4.78 is 2.15. The summed E-state index contributed by atoms with van der Waals surface area (Å²) in [6.07, 6.45) is 3.85. The van der Waals surface area contributed by atoms with Gasteiger partial charge in [0.25, 0.3) is 0 Å². The second-order valence-electron chi connectivity index (χ2n) is 6.58. The number of aromatic nitrogens is 2. The van der Waals surface area contributed by atoms with E-state index in [1.54, 1.807) is 7.05 Å². The van der Waals surface area contributed by atoms with Gasteiger partial charge in [-0.1, -0.05) is 67.6 Å². The topological polar surface area (TPSA) is 54.2 Å². The monoisotopic (exact) mass is 361 g/mol. The number of rotatable bonds is 7. The highest BCUT2D eigenvalue weighted by molar-refractivity contribution is 5.79.